The molecule has 8 nitrogen and oxygen atoms in total. The first-order chi connectivity index (χ1) is 8.29. The maximum Gasteiger partial charge on any atom is 0.326 e. The van der Waals surface area contributed by atoms with E-state index in [-0.39, 0.29) is 24.6 Å². The van der Waals surface area contributed by atoms with Gasteiger partial charge < -0.3 is 15.7 Å². The first-order valence-corrected chi connectivity index (χ1v) is 7.29. The largest absolute Gasteiger partial charge is 0.480 e. The Kier molecular flexibility index (Phi) is 4.91. The fraction of sp³-hybridized carbons (Fsp3) is 0.778. The number of urea groups is 1. The fourth-order valence-corrected chi connectivity index (χ4v) is 2.03. The Morgan fingerprint density at radius 2 is 2.00 bits per heavy atom. The maximum atomic E-state index is 11.3. The Balaban J connectivity index is 2.22. The summed E-state index contributed by atoms with van der Waals surface area (Å²) >= 11 is 0. The van der Waals surface area contributed by atoms with Gasteiger partial charge in [-0.1, -0.05) is 0 Å². The third-order valence-corrected chi connectivity index (χ3v) is 3.39. The van der Waals surface area contributed by atoms with Gasteiger partial charge in [0.15, 0.2) is 0 Å². The van der Waals surface area contributed by atoms with Gasteiger partial charge in [0.25, 0.3) is 0 Å². The molecule has 9 heteroatoms. The Morgan fingerprint density at radius 1 is 1.39 bits per heavy atom. The van der Waals surface area contributed by atoms with Crippen LogP contribution in [-0.4, -0.2) is 43.9 Å². The van der Waals surface area contributed by atoms with Crippen LogP contribution in [0.3, 0.4) is 0 Å². The molecule has 18 heavy (non-hydrogen) atoms. The number of sulfonamides is 1. The summed E-state index contributed by atoms with van der Waals surface area (Å²) in [5.74, 6) is -1.28. The number of nitrogens with one attached hydrogen (secondary N) is 2. The number of carbonyl (C=O) groups is 2. The summed E-state index contributed by atoms with van der Waals surface area (Å²) in [5, 5.41) is 18.4. The van der Waals surface area contributed by atoms with E-state index >= 15 is 0 Å². The molecule has 0 spiro atoms. The van der Waals surface area contributed by atoms with Gasteiger partial charge in [-0.25, -0.2) is 23.1 Å². The highest BCUT2D eigenvalue weighted by Crippen LogP contribution is 2.32. The number of hydrogen-bond donors (Lipinski definition) is 4. The van der Waals surface area contributed by atoms with E-state index in [0.29, 0.717) is 0 Å². The van der Waals surface area contributed by atoms with E-state index in [4.69, 9.17) is 10.2 Å². The first-order valence-electron chi connectivity index (χ1n) is 5.57. The maximum absolute atomic E-state index is 11.3. The van der Waals surface area contributed by atoms with Crippen LogP contribution in [0.5, 0.6) is 0 Å². The highest BCUT2D eigenvalue weighted by Gasteiger charge is 2.37. The second-order valence-electron chi connectivity index (χ2n) is 4.27. The second-order valence-corrected chi connectivity index (χ2v) is 6.01. The topological polar surface area (TPSA) is 139 Å². The van der Waals surface area contributed by atoms with Gasteiger partial charge in [-0.05, 0) is 25.2 Å². The van der Waals surface area contributed by atoms with Crippen LogP contribution in [-0.2, 0) is 14.8 Å². The first kappa shape index (κ1) is 14.7. The molecule has 0 saturated heterocycles. The number of carbonyl (C=O) groups excluding carboxylic acids is 1. The number of carboxylic acid groups (broad SMARTS) is 1. The molecular formula is C9H17N3O5S. The van der Waals surface area contributed by atoms with Crippen molar-refractivity contribution in [1.29, 1.82) is 0 Å². The van der Waals surface area contributed by atoms with Crippen LogP contribution in [0.1, 0.15) is 19.3 Å². The molecule has 1 unspecified atom stereocenters. The summed E-state index contributed by atoms with van der Waals surface area (Å²) in [6.07, 6.45) is 1.78. The monoisotopic (exact) mass is 279 g/mol. The quantitative estimate of drug-likeness (QED) is 0.435. The fourth-order valence-electron chi connectivity index (χ4n) is 1.48. The predicted octanol–water partition coefficient (Wildman–Crippen LogP) is -1.17. The summed E-state index contributed by atoms with van der Waals surface area (Å²) in [6.45, 7) is 0.124. The third kappa shape index (κ3) is 5.82. The number of carboxylic acids is 1. The lowest BCUT2D eigenvalue weighted by atomic mass is 10.2. The summed E-state index contributed by atoms with van der Waals surface area (Å²) in [7, 11) is -3.53. The van der Waals surface area contributed by atoms with Gasteiger partial charge in [-0.3, -0.25) is 0 Å². The predicted molar refractivity (Wildman–Crippen MR) is 63.3 cm³/mol. The minimum absolute atomic E-state index is 0.00216. The van der Waals surface area contributed by atoms with Crippen molar-refractivity contribution in [2.75, 3.05) is 12.3 Å². The molecule has 1 aliphatic carbocycles. The van der Waals surface area contributed by atoms with Crippen molar-refractivity contribution in [3.63, 3.8) is 0 Å². The standard InChI is InChI=1S/C9H17N3O5S/c10-18(16,17)5-1-4-11-9(15)12-7(8(13)14)6-2-3-6/h6-7H,1-5H2,(H,13,14)(H2,10,16,17)(H2,11,12,15). The molecule has 1 saturated carbocycles. The zero-order valence-electron chi connectivity index (χ0n) is 9.76. The van der Waals surface area contributed by atoms with E-state index in [9.17, 15) is 18.0 Å². The van der Waals surface area contributed by atoms with Gasteiger partial charge in [-0.15, -0.1) is 0 Å². The smallest absolute Gasteiger partial charge is 0.326 e. The van der Waals surface area contributed by atoms with E-state index < -0.39 is 28.1 Å². The molecule has 0 heterocycles. The Labute approximate surface area is 105 Å². The number of amides is 2. The summed E-state index contributed by atoms with van der Waals surface area (Å²) in [5.41, 5.74) is 0. The highest BCUT2D eigenvalue weighted by molar-refractivity contribution is 7.89. The minimum Gasteiger partial charge on any atom is -0.480 e. The molecule has 1 rings (SSSR count). The second kappa shape index (κ2) is 6.01. The molecule has 0 aromatic rings. The van der Waals surface area contributed by atoms with Crippen molar-refractivity contribution >= 4 is 22.0 Å². The van der Waals surface area contributed by atoms with Crippen molar-refractivity contribution < 1.29 is 23.1 Å². The molecule has 1 fully saturated rings. The van der Waals surface area contributed by atoms with Crippen LogP contribution < -0.4 is 15.8 Å². The van der Waals surface area contributed by atoms with E-state index in [1.54, 1.807) is 0 Å². The Hall–Kier alpha value is -1.35. The van der Waals surface area contributed by atoms with Crippen molar-refractivity contribution in [2.45, 2.75) is 25.3 Å². The molecule has 1 aliphatic rings. The molecule has 0 aromatic carbocycles. The van der Waals surface area contributed by atoms with Crippen molar-refractivity contribution in [3.8, 4) is 0 Å². The molecule has 0 aliphatic heterocycles. The van der Waals surface area contributed by atoms with E-state index in [1.165, 1.54) is 0 Å². The molecule has 0 bridgehead atoms. The van der Waals surface area contributed by atoms with E-state index in [1.807, 2.05) is 0 Å². The number of aliphatic carboxylic acids is 1. The molecular weight excluding hydrogens is 262 g/mol. The van der Waals surface area contributed by atoms with Crippen molar-refractivity contribution in [3.05, 3.63) is 0 Å². The normalized spacial score (nSPS) is 16.9. The SMILES string of the molecule is NS(=O)(=O)CCCNC(=O)NC(C(=O)O)C1CC1. The van der Waals surface area contributed by atoms with Crippen LogP contribution >= 0.6 is 0 Å². The van der Waals surface area contributed by atoms with Crippen LogP contribution in [0, 0.1) is 5.92 Å². The lowest BCUT2D eigenvalue weighted by Crippen LogP contribution is -2.47. The minimum atomic E-state index is -3.53. The Bertz CT molecular complexity index is 418. The average Bonchev–Trinajstić information content (AvgIpc) is 3.03. The van der Waals surface area contributed by atoms with E-state index in [2.05, 4.69) is 10.6 Å². The molecule has 0 aromatic heterocycles. The lowest BCUT2D eigenvalue weighted by Gasteiger charge is -2.14. The van der Waals surface area contributed by atoms with Gasteiger partial charge in [0, 0.05) is 6.54 Å². The molecule has 2 amide bonds. The summed E-state index contributed by atoms with van der Waals surface area (Å²) < 4.78 is 21.2. The number of primary sulfonamides is 1. The molecule has 1 atom stereocenters. The van der Waals surface area contributed by atoms with Crippen LogP contribution in [0.25, 0.3) is 0 Å². The van der Waals surface area contributed by atoms with Gasteiger partial charge >= 0.3 is 12.0 Å². The third-order valence-electron chi connectivity index (χ3n) is 2.54. The van der Waals surface area contributed by atoms with Gasteiger partial charge in [0.1, 0.15) is 6.04 Å². The van der Waals surface area contributed by atoms with Gasteiger partial charge in [0.2, 0.25) is 10.0 Å². The Morgan fingerprint density at radius 3 is 2.44 bits per heavy atom. The van der Waals surface area contributed by atoms with Crippen LogP contribution in [0.4, 0.5) is 4.79 Å². The van der Waals surface area contributed by atoms with Crippen LogP contribution in [0.15, 0.2) is 0 Å². The van der Waals surface area contributed by atoms with Crippen molar-refractivity contribution in [2.24, 2.45) is 11.1 Å². The number of nitrogens with two attached hydrogens (primary N) is 1. The number of hydrogen-bond acceptors (Lipinski definition) is 4. The lowest BCUT2D eigenvalue weighted by molar-refractivity contribution is -0.139. The number of rotatable bonds is 7. The van der Waals surface area contributed by atoms with Crippen molar-refractivity contribution in [1.82, 2.24) is 10.6 Å². The zero-order valence-corrected chi connectivity index (χ0v) is 10.6. The molecule has 104 valence electrons. The molecule has 5 N–H and O–H groups in total. The van der Waals surface area contributed by atoms with E-state index in [0.717, 1.165) is 12.8 Å². The summed E-state index contributed by atoms with van der Waals surface area (Å²) in [4.78, 5) is 22.2. The van der Waals surface area contributed by atoms with Crippen LogP contribution in [0.2, 0.25) is 0 Å². The summed E-state index contributed by atoms with van der Waals surface area (Å²) in [6, 6.07) is -1.48. The average molecular weight is 279 g/mol. The zero-order chi connectivity index (χ0) is 13.8. The van der Waals surface area contributed by atoms with Gasteiger partial charge in [0.05, 0.1) is 5.75 Å². The highest BCUT2D eigenvalue weighted by atomic mass is 32.2. The molecule has 0 radical (unpaired) electrons. The van der Waals surface area contributed by atoms with Gasteiger partial charge in [-0.2, -0.15) is 0 Å².